The molecule has 0 aromatic carbocycles. The predicted molar refractivity (Wildman–Crippen MR) is 68.4 cm³/mol. The molecule has 0 bridgehead atoms. The molecule has 0 spiro atoms. The third-order valence-corrected chi connectivity index (χ3v) is 6.13. The molecule has 0 aromatic heterocycles. The third kappa shape index (κ3) is 3.08. The van der Waals surface area contributed by atoms with E-state index in [1.165, 1.54) is 4.90 Å². The van der Waals surface area contributed by atoms with Gasteiger partial charge in [-0.05, 0) is 25.7 Å². The molecule has 1 saturated carbocycles. The number of sulfone groups is 1. The van der Waals surface area contributed by atoms with E-state index >= 15 is 0 Å². The van der Waals surface area contributed by atoms with E-state index in [0.29, 0.717) is 32.2 Å². The van der Waals surface area contributed by atoms with Crippen LogP contribution < -0.4 is 0 Å². The average Bonchev–Trinajstić information content (AvgIpc) is 3.00. The Morgan fingerprint density at radius 3 is 2.32 bits per heavy atom. The van der Waals surface area contributed by atoms with Crippen molar-refractivity contribution in [3.8, 4) is 0 Å². The van der Waals surface area contributed by atoms with Crippen molar-refractivity contribution < 1.29 is 23.1 Å². The minimum atomic E-state index is -3.43. The number of carboxylic acid groups (broad SMARTS) is 1. The summed E-state index contributed by atoms with van der Waals surface area (Å²) in [5.41, 5.74) is 0. The first-order valence-corrected chi connectivity index (χ1v) is 8.37. The molecule has 1 heterocycles. The molecular formula is C12H19NO5S. The SMILES string of the molecule is O=C(O)[C@@H]1CCCN1C(=O)CS(=O)(=O)C1CCCC1. The van der Waals surface area contributed by atoms with E-state index < -0.39 is 38.8 Å². The van der Waals surface area contributed by atoms with Crippen LogP contribution in [0.3, 0.4) is 0 Å². The van der Waals surface area contributed by atoms with Crippen LogP contribution in [-0.4, -0.2) is 53.9 Å². The molecule has 2 fully saturated rings. The number of rotatable bonds is 4. The predicted octanol–water partition coefficient (Wildman–Crippen LogP) is 0.419. The molecule has 1 N–H and O–H groups in total. The Balaban J connectivity index is 2.02. The Bertz CT molecular complexity index is 467. The van der Waals surface area contributed by atoms with Gasteiger partial charge in [-0.1, -0.05) is 12.8 Å². The lowest BCUT2D eigenvalue weighted by molar-refractivity contribution is -0.147. The van der Waals surface area contributed by atoms with Crippen molar-refractivity contribution in [1.82, 2.24) is 4.90 Å². The first kappa shape index (κ1) is 14.3. The summed E-state index contributed by atoms with van der Waals surface area (Å²) in [7, 11) is -3.43. The lowest BCUT2D eigenvalue weighted by atomic mass is 10.2. The van der Waals surface area contributed by atoms with Gasteiger partial charge in [-0.15, -0.1) is 0 Å². The van der Waals surface area contributed by atoms with Crippen molar-refractivity contribution in [3.05, 3.63) is 0 Å². The number of carbonyl (C=O) groups excluding carboxylic acids is 1. The fourth-order valence-electron chi connectivity index (χ4n) is 2.94. The van der Waals surface area contributed by atoms with E-state index in [4.69, 9.17) is 5.11 Å². The molecular weight excluding hydrogens is 270 g/mol. The Labute approximate surface area is 112 Å². The second-order valence-electron chi connectivity index (χ2n) is 5.30. The van der Waals surface area contributed by atoms with Gasteiger partial charge < -0.3 is 10.0 Å². The summed E-state index contributed by atoms with van der Waals surface area (Å²) in [6.45, 7) is 0.343. The fraction of sp³-hybridized carbons (Fsp3) is 0.833. The highest BCUT2D eigenvalue weighted by molar-refractivity contribution is 7.92. The molecule has 1 amide bonds. The van der Waals surface area contributed by atoms with Crippen LogP contribution in [0.4, 0.5) is 0 Å². The maximum Gasteiger partial charge on any atom is 0.326 e. The van der Waals surface area contributed by atoms with Gasteiger partial charge in [0.2, 0.25) is 5.91 Å². The highest BCUT2D eigenvalue weighted by atomic mass is 32.2. The molecule has 0 unspecified atom stereocenters. The second kappa shape index (κ2) is 5.48. The van der Waals surface area contributed by atoms with E-state index in [9.17, 15) is 18.0 Å². The van der Waals surface area contributed by atoms with Crippen LogP contribution in [-0.2, 0) is 19.4 Å². The number of hydrogen-bond donors (Lipinski definition) is 1. The standard InChI is InChI=1S/C12H19NO5S/c14-11(13-7-3-6-10(13)12(15)16)8-19(17,18)9-4-1-2-5-9/h9-10H,1-8H2,(H,15,16)/t10-/m0/s1. The minimum Gasteiger partial charge on any atom is -0.480 e. The molecule has 6 nitrogen and oxygen atoms in total. The Morgan fingerprint density at radius 2 is 1.74 bits per heavy atom. The summed E-state index contributed by atoms with van der Waals surface area (Å²) in [4.78, 5) is 24.2. The van der Waals surface area contributed by atoms with Crippen molar-refractivity contribution in [3.63, 3.8) is 0 Å². The molecule has 1 aliphatic heterocycles. The first-order valence-electron chi connectivity index (χ1n) is 6.65. The van der Waals surface area contributed by atoms with Crippen LogP contribution in [0, 0.1) is 0 Å². The number of likely N-dealkylation sites (tertiary alicyclic amines) is 1. The molecule has 7 heteroatoms. The van der Waals surface area contributed by atoms with Crippen molar-refractivity contribution in [1.29, 1.82) is 0 Å². The van der Waals surface area contributed by atoms with Crippen LogP contribution in [0.2, 0.25) is 0 Å². The first-order chi connectivity index (χ1) is 8.92. The van der Waals surface area contributed by atoms with Crippen LogP contribution in [0.15, 0.2) is 0 Å². The summed E-state index contributed by atoms with van der Waals surface area (Å²) in [5.74, 6) is -2.15. The quantitative estimate of drug-likeness (QED) is 0.809. The average molecular weight is 289 g/mol. The summed E-state index contributed by atoms with van der Waals surface area (Å²) in [6.07, 6.45) is 4.05. The van der Waals surface area contributed by atoms with Gasteiger partial charge in [0.25, 0.3) is 0 Å². The zero-order valence-electron chi connectivity index (χ0n) is 10.7. The molecule has 108 valence electrons. The number of nitrogens with zero attached hydrogens (tertiary/aromatic N) is 1. The lowest BCUT2D eigenvalue weighted by Crippen LogP contribution is -2.44. The van der Waals surface area contributed by atoms with Crippen LogP contribution in [0.1, 0.15) is 38.5 Å². The van der Waals surface area contributed by atoms with Crippen LogP contribution in [0.5, 0.6) is 0 Å². The molecule has 1 saturated heterocycles. The Morgan fingerprint density at radius 1 is 1.11 bits per heavy atom. The molecule has 0 aromatic rings. The van der Waals surface area contributed by atoms with Crippen molar-refractivity contribution in [2.45, 2.75) is 49.8 Å². The van der Waals surface area contributed by atoms with Gasteiger partial charge in [-0.3, -0.25) is 4.79 Å². The van der Waals surface area contributed by atoms with Crippen LogP contribution in [0.25, 0.3) is 0 Å². The maximum atomic E-state index is 12.1. The van der Waals surface area contributed by atoms with Gasteiger partial charge in [-0.2, -0.15) is 0 Å². The van der Waals surface area contributed by atoms with Crippen molar-refractivity contribution in [2.75, 3.05) is 12.3 Å². The van der Waals surface area contributed by atoms with Gasteiger partial charge in [0, 0.05) is 6.54 Å². The number of carboxylic acids is 1. The van der Waals surface area contributed by atoms with E-state index in [2.05, 4.69) is 0 Å². The Kier molecular flexibility index (Phi) is 4.13. The van der Waals surface area contributed by atoms with Crippen molar-refractivity contribution in [2.24, 2.45) is 0 Å². The minimum absolute atomic E-state index is 0.343. The molecule has 2 aliphatic rings. The highest BCUT2D eigenvalue weighted by Crippen LogP contribution is 2.26. The zero-order chi connectivity index (χ0) is 14.0. The smallest absolute Gasteiger partial charge is 0.326 e. The third-order valence-electron chi connectivity index (χ3n) is 3.99. The molecule has 1 aliphatic carbocycles. The van der Waals surface area contributed by atoms with Crippen LogP contribution >= 0.6 is 0 Å². The monoisotopic (exact) mass is 289 g/mol. The topological polar surface area (TPSA) is 91.8 Å². The molecule has 0 radical (unpaired) electrons. The summed E-state index contributed by atoms with van der Waals surface area (Å²) in [6, 6.07) is -0.855. The summed E-state index contributed by atoms with van der Waals surface area (Å²) in [5, 5.41) is 8.58. The van der Waals surface area contributed by atoms with E-state index in [-0.39, 0.29) is 0 Å². The van der Waals surface area contributed by atoms with Crippen molar-refractivity contribution >= 4 is 21.7 Å². The fourth-order valence-corrected chi connectivity index (χ4v) is 4.74. The van der Waals surface area contributed by atoms with Gasteiger partial charge in [0.15, 0.2) is 9.84 Å². The van der Waals surface area contributed by atoms with Gasteiger partial charge in [0.1, 0.15) is 11.8 Å². The van der Waals surface area contributed by atoms with Gasteiger partial charge in [-0.25, -0.2) is 13.2 Å². The second-order valence-corrected chi connectivity index (χ2v) is 7.58. The molecule has 1 atom stereocenters. The van der Waals surface area contributed by atoms with E-state index in [1.807, 2.05) is 0 Å². The normalized spacial score (nSPS) is 24.8. The van der Waals surface area contributed by atoms with Gasteiger partial charge in [0.05, 0.1) is 5.25 Å². The molecule has 19 heavy (non-hydrogen) atoms. The lowest BCUT2D eigenvalue weighted by Gasteiger charge is -2.22. The number of hydrogen-bond acceptors (Lipinski definition) is 4. The zero-order valence-corrected chi connectivity index (χ0v) is 11.6. The largest absolute Gasteiger partial charge is 0.480 e. The maximum absolute atomic E-state index is 12.1. The van der Waals surface area contributed by atoms with E-state index in [0.717, 1.165) is 12.8 Å². The highest BCUT2D eigenvalue weighted by Gasteiger charge is 2.37. The number of amides is 1. The molecule has 2 rings (SSSR count). The summed E-state index contributed by atoms with van der Waals surface area (Å²) >= 11 is 0. The van der Waals surface area contributed by atoms with Gasteiger partial charge >= 0.3 is 5.97 Å². The Hall–Kier alpha value is -1.11. The van der Waals surface area contributed by atoms with E-state index in [1.54, 1.807) is 0 Å². The summed E-state index contributed by atoms with van der Waals surface area (Å²) < 4.78 is 24.2. The number of carbonyl (C=O) groups is 2. The number of aliphatic carboxylic acids is 1.